The molecule has 2 N–H and O–H groups in total. The Bertz CT molecular complexity index is 961. The fraction of sp³-hybridized carbons (Fsp3) is 0.364. The van der Waals surface area contributed by atoms with Crippen LogP contribution in [0.1, 0.15) is 43.5 Å². The number of anilines is 2. The Labute approximate surface area is 178 Å². The number of hydrogen-bond donors (Lipinski definition) is 2. The Hall–Kier alpha value is -2.87. The van der Waals surface area contributed by atoms with E-state index in [-0.39, 0.29) is 30.8 Å². The minimum atomic E-state index is -3.46. The fourth-order valence-corrected chi connectivity index (χ4v) is 3.84. The average Bonchev–Trinajstić information content (AvgIpc) is 2.71. The highest BCUT2D eigenvalue weighted by Crippen LogP contribution is 2.19. The number of amides is 2. The van der Waals surface area contributed by atoms with Crippen molar-refractivity contribution in [2.75, 3.05) is 22.4 Å². The summed E-state index contributed by atoms with van der Waals surface area (Å²) < 4.78 is 25.5. The molecule has 8 heteroatoms. The SMILES string of the molecule is CC[C@@H](C)NC(=O)c1ccccc1NC(=O)CCCN(c1ccccc1)S(C)(=O)=O. The fourth-order valence-electron chi connectivity index (χ4n) is 2.87. The maximum absolute atomic E-state index is 12.5. The summed E-state index contributed by atoms with van der Waals surface area (Å²) in [6.07, 6.45) is 2.42. The van der Waals surface area contributed by atoms with Crippen molar-refractivity contribution in [2.45, 2.75) is 39.2 Å². The molecule has 0 fully saturated rings. The van der Waals surface area contributed by atoms with E-state index < -0.39 is 10.0 Å². The van der Waals surface area contributed by atoms with Crippen molar-refractivity contribution >= 4 is 33.2 Å². The third-order valence-electron chi connectivity index (χ3n) is 4.65. The summed E-state index contributed by atoms with van der Waals surface area (Å²) in [6.45, 7) is 4.08. The molecule has 1 atom stereocenters. The predicted octanol–water partition coefficient (Wildman–Crippen LogP) is 3.40. The van der Waals surface area contributed by atoms with Gasteiger partial charge < -0.3 is 10.6 Å². The van der Waals surface area contributed by atoms with Crippen molar-refractivity contribution in [3.8, 4) is 0 Å². The van der Waals surface area contributed by atoms with Gasteiger partial charge in [0.2, 0.25) is 15.9 Å². The van der Waals surface area contributed by atoms with Gasteiger partial charge in [-0.2, -0.15) is 0 Å². The molecule has 0 saturated carbocycles. The van der Waals surface area contributed by atoms with Gasteiger partial charge in [0, 0.05) is 19.0 Å². The van der Waals surface area contributed by atoms with Gasteiger partial charge in [0.1, 0.15) is 0 Å². The first-order chi connectivity index (χ1) is 14.2. The molecule has 0 aromatic heterocycles. The topological polar surface area (TPSA) is 95.6 Å². The van der Waals surface area contributed by atoms with E-state index in [1.807, 2.05) is 19.9 Å². The van der Waals surface area contributed by atoms with Crippen LogP contribution in [0.4, 0.5) is 11.4 Å². The number of carbonyl (C=O) groups is 2. The minimum absolute atomic E-state index is 0.0289. The summed E-state index contributed by atoms with van der Waals surface area (Å²) >= 11 is 0. The van der Waals surface area contributed by atoms with Gasteiger partial charge in [0.05, 0.1) is 23.2 Å². The lowest BCUT2D eigenvalue weighted by Crippen LogP contribution is -2.33. The molecular formula is C22H29N3O4S. The quantitative estimate of drug-likeness (QED) is 0.603. The highest BCUT2D eigenvalue weighted by atomic mass is 32.2. The monoisotopic (exact) mass is 431 g/mol. The first-order valence-electron chi connectivity index (χ1n) is 9.95. The number of sulfonamides is 1. The number of nitrogens with zero attached hydrogens (tertiary/aromatic N) is 1. The summed E-state index contributed by atoms with van der Waals surface area (Å²) in [5.74, 6) is -0.520. The van der Waals surface area contributed by atoms with Crippen molar-refractivity contribution < 1.29 is 18.0 Å². The van der Waals surface area contributed by atoms with Gasteiger partial charge in [0.25, 0.3) is 5.91 Å². The van der Waals surface area contributed by atoms with Crippen molar-refractivity contribution in [1.29, 1.82) is 0 Å². The summed E-state index contributed by atoms with van der Waals surface area (Å²) in [7, 11) is -3.46. The largest absolute Gasteiger partial charge is 0.350 e. The van der Waals surface area contributed by atoms with Crippen LogP contribution in [0.3, 0.4) is 0 Å². The number of carbonyl (C=O) groups excluding carboxylic acids is 2. The Morgan fingerprint density at radius 1 is 1.03 bits per heavy atom. The molecule has 2 amide bonds. The van der Waals surface area contributed by atoms with Gasteiger partial charge >= 0.3 is 0 Å². The summed E-state index contributed by atoms with van der Waals surface area (Å²) in [5, 5.41) is 5.66. The molecule has 0 spiro atoms. The maximum Gasteiger partial charge on any atom is 0.253 e. The average molecular weight is 432 g/mol. The van der Waals surface area contributed by atoms with Crippen LogP contribution in [0.5, 0.6) is 0 Å². The lowest BCUT2D eigenvalue weighted by atomic mass is 10.1. The van der Waals surface area contributed by atoms with Crippen LogP contribution in [0.2, 0.25) is 0 Å². The zero-order valence-corrected chi connectivity index (χ0v) is 18.4. The van der Waals surface area contributed by atoms with Crippen LogP contribution in [0.25, 0.3) is 0 Å². The molecule has 0 saturated heterocycles. The van der Waals surface area contributed by atoms with Crippen LogP contribution in [-0.4, -0.2) is 39.1 Å². The van der Waals surface area contributed by atoms with Crippen LogP contribution in [0, 0.1) is 0 Å². The summed E-state index contributed by atoms with van der Waals surface area (Å²) in [6, 6.07) is 15.6. The standard InChI is InChI=1S/C22H29N3O4S/c1-4-17(2)23-22(27)19-13-8-9-14-20(19)24-21(26)15-10-16-25(30(3,28)29)18-11-6-5-7-12-18/h5-9,11-14,17H,4,10,15-16H2,1-3H3,(H,23,27)(H,24,26)/t17-/m1/s1. The lowest BCUT2D eigenvalue weighted by molar-refractivity contribution is -0.116. The number of hydrogen-bond acceptors (Lipinski definition) is 4. The third-order valence-corrected chi connectivity index (χ3v) is 5.84. The van der Waals surface area contributed by atoms with Crippen molar-refractivity contribution in [1.82, 2.24) is 5.32 Å². The molecule has 0 unspecified atom stereocenters. The zero-order chi connectivity index (χ0) is 22.1. The minimum Gasteiger partial charge on any atom is -0.350 e. The molecule has 2 aromatic rings. The molecule has 0 bridgehead atoms. The molecule has 2 aromatic carbocycles. The second-order valence-corrected chi connectivity index (χ2v) is 9.06. The smallest absolute Gasteiger partial charge is 0.253 e. The van der Waals surface area contributed by atoms with Gasteiger partial charge in [-0.15, -0.1) is 0 Å². The number of nitrogens with one attached hydrogen (secondary N) is 2. The van der Waals surface area contributed by atoms with E-state index in [0.717, 1.165) is 12.7 Å². The summed E-state index contributed by atoms with van der Waals surface area (Å²) in [5.41, 5.74) is 1.40. The van der Waals surface area contributed by atoms with Crippen molar-refractivity contribution in [3.63, 3.8) is 0 Å². The Kier molecular flexibility index (Phi) is 8.41. The van der Waals surface area contributed by atoms with E-state index in [4.69, 9.17) is 0 Å². The molecule has 7 nitrogen and oxygen atoms in total. The molecule has 0 aliphatic rings. The predicted molar refractivity (Wildman–Crippen MR) is 120 cm³/mol. The molecular weight excluding hydrogens is 402 g/mol. The second kappa shape index (κ2) is 10.8. The number of rotatable bonds is 10. The van der Waals surface area contributed by atoms with E-state index >= 15 is 0 Å². The van der Waals surface area contributed by atoms with Crippen molar-refractivity contribution in [3.05, 3.63) is 60.2 Å². The molecule has 30 heavy (non-hydrogen) atoms. The van der Waals surface area contributed by atoms with Crippen LogP contribution in [0.15, 0.2) is 54.6 Å². The summed E-state index contributed by atoms with van der Waals surface area (Å²) in [4.78, 5) is 24.9. The second-order valence-electron chi connectivity index (χ2n) is 7.15. The highest BCUT2D eigenvalue weighted by molar-refractivity contribution is 7.92. The highest BCUT2D eigenvalue weighted by Gasteiger charge is 2.18. The molecule has 2 rings (SSSR count). The van der Waals surface area contributed by atoms with E-state index in [1.165, 1.54) is 4.31 Å². The normalized spacial score (nSPS) is 12.1. The molecule has 0 aliphatic heterocycles. The maximum atomic E-state index is 12.5. The van der Waals surface area contributed by atoms with Gasteiger partial charge in [-0.25, -0.2) is 8.42 Å². The van der Waals surface area contributed by atoms with Gasteiger partial charge in [-0.05, 0) is 44.0 Å². The van der Waals surface area contributed by atoms with Crippen molar-refractivity contribution in [2.24, 2.45) is 0 Å². The number of benzene rings is 2. The van der Waals surface area contributed by atoms with E-state index in [9.17, 15) is 18.0 Å². The molecule has 0 aliphatic carbocycles. The lowest BCUT2D eigenvalue weighted by Gasteiger charge is -2.22. The van der Waals surface area contributed by atoms with Crippen LogP contribution < -0.4 is 14.9 Å². The number of para-hydroxylation sites is 2. The van der Waals surface area contributed by atoms with E-state index in [1.54, 1.807) is 48.5 Å². The van der Waals surface area contributed by atoms with Gasteiger partial charge in [-0.1, -0.05) is 37.3 Å². The van der Waals surface area contributed by atoms with Crippen LogP contribution in [-0.2, 0) is 14.8 Å². The van der Waals surface area contributed by atoms with E-state index in [2.05, 4.69) is 10.6 Å². The first kappa shape index (κ1) is 23.4. The molecule has 162 valence electrons. The van der Waals surface area contributed by atoms with Crippen LogP contribution >= 0.6 is 0 Å². The Balaban J connectivity index is 1.99. The third kappa shape index (κ3) is 6.88. The Morgan fingerprint density at radius 2 is 1.67 bits per heavy atom. The first-order valence-corrected chi connectivity index (χ1v) is 11.8. The van der Waals surface area contributed by atoms with Gasteiger partial charge in [-0.3, -0.25) is 13.9 Å². The van der Waals surface area contributed by atoms with Gasteiger partial charge in [0.15, 0.2) is 0 Å². The molecule has 0 radical (unpaired) electrons. The Morgan fingerprint density at radius 3 is 2.30 bits per heavy atom. The molecule has 0 heterocycles. The zero-order valence-electron chi connectivity index (χ0n) is 17.6. The van der Waals surface area contributed by atoms with E-state index in [0.29, 0.717) is 23.4 Å².